The van der Waals surface area contributed by atoms with Gasteiger partial charge in [-0.05, 0) is 46.1 Å². The predicted octanol–water partition coefficient (Wildman–Crippen LogP) is 2.76. The fraction of sp³-hybridized carbons (Fsp3) is 0.720. The summed E-state index contributed by atoms with van der Waals surface area (Å²) < 4.78 is 30.2. The maximum atomic E-state index is 12.5. The maximum Gasteiger partial charge on any atom is 0.342 e. The van der Waals surface area contributed by atoms with Gasteiger partial charge in [-0.25, -0.2) is 4.79 Å². The van der Waals surface area contributed by atoms with Crippen molar-refractivity contribution < 1.29 is 38.7 Å². The average Bonchev–Trinajstić information content (AvgIpc) is 3.19. The van der Waals surface area contributed by atoms with Crippen molar-refractivity contribution in [2.75, 3.05) is 7.11 Å². The van der Waals surface area contributed by atoms with Crippen molar-refractivity contribution in [2.24, 2.45) is 11.3 Å². The third-order valence-corrected chi connectivity index (χ3v) is 9.38. The van der Waals surface area contributed by atoms with E-state index in [1.807, 2.05) is 27.7 Å². The molecule has 0 radical (unpaired) electrons. The summed E-state index contributed by atoms with van der Waals surface area (Å²) in [5.74, 6) is -0.947. The highest BCUT2D eigenvalue weighted by atomic mass is 16.9. The number of rotatable bonds is 1. The van der Waals surface area contributed by atoms with Gasteiger partial charge >= 0.3 is 5.97 Å². The van der Waals surface area contributed by atoms with Crippen molar-refractivity contribution in [2.45, 2.75) is 95.8 Å². The first-order valence-corrected chi connectivity index (χ1v) is 11.7. The average molecular weight is 461 g/mol. The Morgan fingerprint density at radius 2 is 1.82 bits per heavy atom. The van der Waals surface area contributed by atoms with Crippen LogP contribution in [0.15, 0.2) is 0 Å². The van der Waals surface area contributed by atoms with E-state index in [1.54, 1.807) is 7.11 Å². The number of esters is 1. The molecule has 1 spiro atoms. The van der Waals surface area contributed by atoms with Gasteiger partial charge in [0.25, 0.3) is 5.97 Å². The zero-order valence-electron chi connectivity index (χ0n) is 20.0. The van der Waals surface area contributed by atoms with Crippen LogP contribution in [-0.2, 0) is 27.2 Å². The zero-order valence-corrected chi connectivity index (χ0v) is 20.0. The molecule has 1 saturated carbocycles. The van der Waals surface area contributed by atoms with Crippen molar-refractivity contribution in [1.82, 2.24) is 0 Å². The summed E-state index contributed by atoms with van der Waals surface area (Å²) in [6.07, 6.45) is 0.893. The van der Waals surface area contributed by atoms with Crippen LogP contribution in [0.25, 0.3) is 0 Å². The van der Waals surface area contributed by atoms with E-state index >= 15 is 0 Å². The summed E-state index contributed by atoms with van der Waals surface area (Å²) >= 11 is 0. The zero-order chi connectivity index (χ0) is 23.8. The highest BCUT2D eigenvalue weighted by Gasteiger charge is 2.80. The standard InChI is InChI=1S/C25H32O8/c1-12-14-11-30-20(27)17(14)19(29-6)13-9-15-22(4)7-8-24(28)32-21(2,3)25(22,33-24)16(26)10-23(15,5)31-18(12)13/h15-16,26,28H,7-11H2,1-6H3/t15?,16-,22+,23+,24-,25+/m1/s1. The second kappa shape index (κ2) is 6.03. The van der Waals surface area contributed by atoms with Gasteiger partial charge in [-0.1, -0.05) is 6.92 Å². The monoisotopic (exact) mass is 460 g/mol. The number of carbonyl (C=O) groups is 1. The molecule has 6 rings (SSSR count). The van der Waals surface area contributed by atoms with Gasteiger partial charge in [0.2, 0.25) is 0 Å². The molecular formula is C25H32O8. The fourth-order valence-electron chi connectivity index (χ4n) is 8.09. The van der Waals surface area contributed by atoms with Crippen molar-refractivity contribution in [3.8, 4) is 11.5 Å². The molecule has 0 aromatic heterocycles. The molecule has 2 N–H and O–H groups in total. The molecule has 2 saturated heterocycles. The second-order valence-electron chi connectivity index (χ2n) is 11.4. The van der Waals surface area contributed by atoms with E-state index < -0.39 is 34.3 Å². The second-order valence-corrected chi connectivity index (χ2v) is 11.4. The molecule has 8 heteroatoms. The van der Waals surface area contributed by atoms with Crippen LogP contribution in [0.1, 0.15) is 74.0 Å². The van der Waals surface area contributed by atoms with Gasteiger partial charge in [-0.2, -0.15) is 0 Å². The number of ether oxygens (including phenoxy) is 5. The number of carbonyl (C=O) groups excluding carboxylic acids is 1. The van der Waals surface area contributed by atoms with E-state index in [0.717, 1.165) is 16.7 Å². The van der Waals surface area contributed by atoms with Gasteiger partial charge < -0.3 is 33.9 Å². The van der Waals surface area contributed by atoms with E-state index in [4.69, 9.17) is 23.7 Å². The van der Waals surface area contributed by atoms with Gasteiger partial charge in [0.1, 0.15) is 40.5 Å². The molecule has 4 aliphatic heterocycles. The first kappa shape index (κ1) is 21.6. The molecule has 0 amide bonds. The van der Waals surface area contributed by atoms with Crippen LogP contribution < -0.4 is 9.47 Å². The third-order valence-electron chi connectivity index (χ3n) is 9.38. The summed E-state index contributed by atoms with van der Waals surface area (Å²) in [5, 5.41) is 22.6. The molecule has 4 heterocycles. The highest BCUT2D eigenvalue weighted by Crippen LogP contribution is 2.70. The lowest BCUT2D eigenvalue weighted by Crippen LogP contribution is -2.76. The number of hydrogen-bond donors (Lipinski definition) is 2. The lowest BCUT2D eigenvalue weighted by Gasteiger charge is -2.66. The van der Waals surface area contributed by atoms with Crippen molar-refractivity contribution in [3.63, 3.8) is 0 Å². The van der Waals surface area contributed by atoms with Crippen LogP contribution in [0.2, 0.25) is 0 Å². The summed E-state index contributed by atoms with van der Waals surface area (Å²) in [7, 11) is 1.57. The van der Waals surface area contributed by atoms with Crippen LogP contribution in [-0.4, -0.2) is 52.2 Å². The summed E-state index contributed by atoms with van der Waals surface area (Å²) in [6.45, 7) is 10.1. The minimum absolute atomic E-state index is 0.0878. The molecule has 180 valence electrons. The fourth-order valence-corrected chi connectivity index (χ4v) is 8.09. The topological polar surface area (TPSA) is 104 Å². The van der Waals surface area contributed by atoms with Gasteiger partial charge in [-0.15, -0.1) is 0 Å². The normalized spacial score (nSPS) is 44.2. The smallest absolute Gasteiger partial charge is 0.342 e. The molecular weight excluding hydrogens is 428 g/mol. The minimum Gasteiger partial charge on any atom is -0.495 e. The predicted molar refractivity (Wildman–Crippen MR) is 115 cm³/mol. The van der Waals surface area contributed by atoms with Crippen LogP contribution in [0.5, 0.6) is 11.5 Å². The third kappa shape index (κ3) is 2.29. The van der Waals surface area contributed by atoms with Gasteiger partial charge in [-0.3, -0.25) is 0 Å². The number of fused-ring (bicyclic) bond motifs is 5. The quantitative estimate of drug-likeness (QED) is 0.617. The molecule has 3 fully saturated rings. The van der Waals surface area contributed by atoms with Gasteiger partial charge in [0.05, 0.1) is 13.2 Å². The Hall–Kier alpha value is -1.87. The highest BCUT2D eigenvalue weighted by molar-refractivity contribution is 5.98. The lowest BCUT2D eigenvalue weighted by molar-refractivity contribution is -0.384. The van der Waals surface area contributed by atoms with Crippen molar-refractivity contribution >= 4 is 5.97 Å². The molecule has 1 aromatic carbocycles. The number of methoxy groups -OCH3 is 1. The van der Waals surface area contributed by atoms with Crippen LogP contribution in [0, 0.1) is 18.3 Å². The van der Waals surface area contributed by atoms with Crippen molar-refractivity contribution in [1.29, 1.82) is 0 Å². The Morgan fingerprint density at radius 1 is 1.09 bits per heavy atom. The summed E-state index contributed by atoms with van der Waals surface area (Å²) in [5.41, 5.74) is -0.292. The number of cyclic esters (lactones) is 1. The van der Waals surface area contributed by atoms with Gasteiger partial charge in [0, 0.05) is 35.3 Å². The molecule has 1 aliphatic carbocycles. The van der Waals surface area contributed by atoms with Gasteiger partial charge in [0.15, 0.2) is 0 Å². The van der Waals surface area contributed by atoms with E-state index in [1.165, 1.54) is 0 Å². The SMILES string of the molecule is COc1c2c(c(C)c3c1C(=O)OC3)O[C@@]1(C)C[C@@H](O)[C@@]34O[C@@](O)(CC[C@@]3(C)C1C2)OC4(C)C. The molecule has 5 aliphatic rings. The number of benzene rings is 1. The molecule has 8 nitrogen and oxygen atoms in total. The van der Waals surface area contributed by atoms with Crippen LogP contribution >= 0.6 is 0 Å². The van der Waals surface area contributed by atoms with E-state index in [-0.39, 0.29) is 18.5 Å². The van der Waals surface area contributed by atoms with Crippen LogP contribution in [0.4, 0.5) is 0 Å². The molecule has 2 bridgehead atoms. The largest absolute Gasteiger partial charge is 0.495 e. The molecule has 33 heavy (non-hydrogen) atoms. The number of aliphatic hydroxyl groups is 2. The van der Waals surface area contributed by atoms with E-state index in [0.29, 0.717) is 42.7 Å². The molecule has 6 atom stereocenters. The number of aliphatic hydroxyl groups excluding tert-OH is 1. The Kier molecular flexibility index (Phi) is 3.95. The Balaban J connectivity index is 1.56. The van der Waals surface area contributed by atoms with Crippen LogP contribution in [0.3, 0.4) is 0 Å². The Bertz CT molecular complexity index is 1100. The van der Waals surface area contributed by atoms with E-state index in [2.05, 4.69) is 6.92 Å². The first-order chi connectivity index (χ1) is 15.3. The first-order valence-electron chi connectivity index (χ1n) is 11.7. The summed E-state index contributed by atoms with van der Waals surface area (Å²) in [4.78, 5) is 12.5. The Labute approximate surface area is 193 Å². The summed E-state index contributed by atoms with van der Waals surface area (Å²) in [6, 6.07) is 0. The van der Waals surface area contributed by atoms with Crippen molar-refractivity contribution in [3.05, 3.63) is 22.3 Å². The lowest BCUT2D eigenvalue weighted by atomic mass is 9.46. The molecule has 1 unspecified atom stereocenters. The van der Waals surface area contributed by atoms with E-state index in [9.17, 15) is 15.0 Å². The maximum absolute atomic E-state index is 12.5. The number of hydrogen-bond acceptors (Lipinski definition) is 8. The molecule has 1 aromatic rings. The Morgan fingerprint density at radius 3 is 2.52 bits per heavy atom. The minimum atomic E-state index is -1.70.